The van der Waals surface area contributed by atoms with Gasteiger partial charge in [0.1, 0.15) is 5.52 Å². The molecule has 2 nitrogen and oxygen atoms in total. The fourth-order valence-corrected chi connectivity index (χ4v) is 4.15. The molecule has 0 amide bonds. The number of alkyl halides is 1. The second kappa shape index (κ2) is 5.28. The Kier molecular flexibility index (Phi) is 3.28. The van der Waals surface area contributed by atoms with Gasteiger partial charge in [-0.15, -0.1) is 11.3 Å². The van der Waals surface area contributed by atoms with E-state index in [0.29, 0.717) is 0 Å². The predicted octanol–water partition coefficient (Wildman–Crippen LogP) is 5.72. The summed E-state index contributed by atoms with van der Waals surface area (Å²) in [7, 11) is 0. The molecule has 21 heavy (non-hydrogen) atoms. The van der Waals surface area contributed by atoms with Crippen molar-refractivity contribution in [3.8, 4) is 0 Å². The number of oxazole rings is 1. The molecule has 1 atom stereocenters. The SMILES string of the molecule is BrC(Cc1nc2ccccc2o1)c1cc2ccccc2s1. The van der Waals surface area contributed by atoms with Gasteiger partial charge < -0.3 is 4.42 Å². The van der Waals surface area contributed by atoms with E-state index in [4.69, 9.17) is 4.42 Å². The molecule has 0 bridgehead atoms. The van der Waals surface area contributed by atoms with Crippen LogP contribution in [0.25, 0.3) is 21.2 Å². The highest BCUT2D eigenvalue weighted by Crippen LogP contribution is 2.36. The van der Waals surface area contributed by atoms with Crippen LogP contribution >= 0.6 is 27.3 Å². The Morgan fingerprint density at radius 2 is 1.90 bits per heavy atom. The van der Waals surface area contributed by atoms with E-state index < -0.39 is 0 Å². The minimum absolute atomic E-state index is 0.225. The maximum absolute atomic E-state index is 5.80. The van der Waals surface area contributed by atoms with Gasteiger partial charge in [-0.3, -0.25) is 0 Å². The van der Waals surface area contributed by atoms with Crippen LogP contribution in [-0.2, 0) is 6.42 Å². The molecule has 0 saturated carbocycles. The van der Waals surface area contributed by atoms with E-state index in [9.17, 15) is 0 Å². The van der Waals surface area contributed by atoms with Crippen LogP contribution in [0.3, 0.4) is 0 Å². The molecule has 0 aliphatic carbocycles. The first-order valence-corrected chi connectivity index (χ1v) is 8.50. The zero-order valence-corrected chi connectivity index (χ0v) is 13.5. The highest BCUT2D eigenvalue weighted by molar-refractivity contribution is 9.09. The van der Waals surface area contributed by atoms with Gasteiger partial charge in [0.15, 0.2) is 11.5 Å². The van der Waals surface area contributed by atoms with Gasteiger partial charge in [-0.1, -0.05) is 46.3 Å². The molecule has 0 N–H and O–H groups in total. The monoisotopic (exact) mass is 357 g/mol. The molecule has 2 aromatic carbocycles. The topological polar surface area (TPSA) is 26.0 Å². The van der Waals surface area contributed by atoms with Gasteiger partial charge in [-0.25, -0.2) is 4.98 Å². The summed E-state index contributed by atoms with van der Waals surface area (Å²) in [6, 6.07) is 18.6. The van der Waals surface area contributed by atoms with Crippen LogP contribution in [0.4, 0.5) is 0 Å². The molecular formula is C17H12BrNOS. The molecule has 4 heteroatoms. The average Bonchev–Trinajstić information content (AvgIpc) is 3.10. The van der Waals surface area contributed by atoms with Crippen LogP contribution in [0.15, 0.2) is 59.0 Å². The van der Waals surface area contributed by atoms with Crippen molar-refractivity contribution in [2.75, 3.05) is 0 Å². The van der Waals surface area contributed by atoms with Crippen molar-refractivity contribution in [3.05, 3.63) is 65.4 Å². The van der Waals surface area contributed by atoms with Gasteiger partial charge in [-0.05, 0) is 29.7 Å². The molecule has 4 aromatic rings. The zero-order valence-electron chi connectivity index (χ0n) is 11.1. The Bertz CT molecular complexity index is 845. The second-order valence-electron chi connectivity index (χ2n) is 4.93. The smallest absolute Gasteiger partial charge is 0.196 e. The maximum Gasteiger partial charge on any atom is 0.196 e. The van der Waals surface area contributed by atoms with Crippen LogP contribution in [-0.4, -0.2) is 4.98 Å². The van der Waals surface area contributed by atoms with Gasteiger partial charge in [-0.2, -0.15) is 0 Å². The van der Waals surface area contributed by atoms with E-state index in [2.05, 4.69) is 51.2 Å². The fraction of sp³-hybridized carbons (Fsp3) is 0.118. The van der Waals surface area contributed by atoms with E-state index in [-0.39, 0.29) is 4.83 Å². The van der Waals surface area contributed by atoms with E-state index in [0.717, 1.165) is 23.4 Å². The molecule has 2 heterocycles. The number of fused-ring (bicyclic) bond motifs is 2. The number of hydrogen-bond acceptors (Lipinski definition) is 3. The molecule has 1 unspecified atom stereocenters. The number of nitrogens with zero attached hydrogens (tertiary/aromatic N) is 1. The van der Waals surface area contributed by atoms with Crippen molar-refractivity contribution in [1.29, 1.82) is 0 Å². The Morgan fingerprint density at radius 1 is 1.10 bits per heavy atom. The first kappa shape index (κ1) is 13.0. The number of thiophene rings is 1. The fourth-order valence-electron chi connectivity index (χ4n) is 2.42. The second-order valence-corrected chi connectivity index (χ2v) is 7.15. The summed E-state index contributed by atoms with van der Waals surface area (Å²) in [5, 5.41) is 1.29. The summed E-state index contributed by atoms with van der Waals surface area (Å²) in [5.41, 5.74) is 1.77. The molecule has 2 aromatic heterocycles. The third-order valence-electron chi connectivity index (χ3n) is 3.45. The highest BCUT2D eigenvalue weighted by atomic mass is 79.9. The Hall–Kier alpha value is -1.65. The van der Waals surface area contributed by atoms with Gasteiger partial charge in [0.25, 0.3) is 0 Å². The van der Waals surface area contributed by atoms with Crippen LogP contribution in [0, 0.1) is 0 Å². The summed E-state index contributed by atoms with van der Waals surface area (Å²) in [6.07, 6.45) is 0.751. The van der Waals surface area contributed by atoms with E-state index >= 15 is 0 Å². The Labute approximate surface area is 134 Å². The molecular weight excluding hydrogens is 346 g/mol. The third-order valence-corrected chi connectivity index (χ3v) is 5.80. The molecule has 4 rings (SSSR count). The third kappa shape index (κ3) is 2.49. The number of aromatic nitrogens is 1. The standard InChI is InChI=1S/C17H12BrNOS/c18-12(16-9-11-5-1-4-8-15(11)21-16)10-17-19-13-6-2-3-7-14(13)20-17/h1-9,12H,10H2. The van der Waals surface area contributed by atoms with Crippen molar-refractivity contribution in [1.82, 2.24) is 4.98 Å². The number of benzene rings is 2. The molecule has 0 aliphatic heterocycles. The van der Waals surface area contributed by atoms with Gasteiger partial charge in [0.2, 0.25) is 0 Å². The van der Waals surface area contributed by atoms with Gasteiger partial charge in [0, 0.05) is 16.0 Å². The van der Waals surface area contributed by atoms with Crippen LogP contribution in [0.5, 0.6) is 0 Å². The highest BCUT2D eigenvalue weighted by Gasteiger charge is 2.15. The summed E-state index contributed by atoms with van der Waals surface area (Å²) in [4.78, 5) is 6.07. The Morgan fingerprint density at radius 3 is 2.76 bits per heavy atom. The van der Waals surface area contributed by atoms with Crippen molar-refractivity contribution < 1.29 is 4.42 Å². The predicted molar refractivity (Wildman–Crippen MR) is 91.2 cm³/mol. The van der Waals surface area contributed by atoms with Crippen molar-refractivity contribution in [2.24, 2.45) is 0 Å². The first-order chi connectivity index (χ1) is 10.3. The summed E-state index contributed by atoms with van der Waals surface area (Å²) >= 11 is 5.58. The number of para-hydroxylation sites is 2. The number of hydrogen-bond donors (Lipinski definition) is 0. The van der Waals surface area contributed by atoms with Gasteiger partial charge >= 0.3 is 0 Å². The molecule has 0 aliphatic rings. The molecule has 0 radical (unpaired) electrons. The van der Waals surface area contributed by atoms with Crippen LogP contribution < -0.4 is 0 Å². The first-order valence-electron chi connectivity index (χ1n) is 6.76. The van der Waals surface area contributed by atoms with Gasteiger partial charge in [0.05, 0.1) is 4.83 Å². The minimum atomic E-state index is 0.225. The van der Waals surface area contributed by atoms with Crippen molar-refractivity contribution in [3.63, 3.8) is 0 Å². The Balaban J connectivity index is 1.63. The quantitative estimate of drug-likeness (QED) is 0.438. The molecule has 0 spiro atoms. The molecule has 104 valence electrons. The lowest BCUT2D eigenvalue weighted by Gasteiger charge is -2.03. The summed E-state index contributed by atoms with van der Waals surface area (Å²) in [6.45, 7) is 0. The van der Waals surface area contributed by atoms with E-state index in [1.807, 2.05) is 35.6 Å². The average molecular weight is 358 g/mol. The normalized spacial score (nSPS) is 13.0. The van der Waals surface area contributed by atoms with E-state index in [1.165, 1.54) is 15.0 Å². The lowest BCUT2D eigenvalue weighted by Crippen LogP contribution is -1.92. The zero-order chi connectivity index (χ0) is 14.2. The largest absolute Gasteiger partial charge is 0.441 e. The van der Waals surface area contributed by atoms with Crippen LogP contribution in [0.2, 0.25) is 0 Å². The lowest BCUT2D eigenvalue weighted by atomic mass is 10.2. The van der Waals surface area contributed by atoms with Crippen LogP contribution in [0.1, 0.15) is 15.6 Å². The maximum atomic E-state index is 5.80. The van der Waals surface area contributed by atoms with Crippen molar-refractivity contribution >= 4 is 48.5 Å². The molecule has 0 saturated heterocycles. The number of rotatable bonds is 3. The van der Waals surface area contributed by atoms with Crippen molar-refractivity contribution in [2.45, 2.75) is 11.2 Å². The van der Waals surface area contributed by atoms with E-state index in [1.54, 1.807) is 0 Å². The summed E-state index contributed by atoms with van der Waals surface area (Å²) < 4.78 is 7.11. The molecule has 0 fully saturated rings. The summed E-state index contributed by atoms with van der Waals surface area (Å²) in [5.74, 6) is 0.774. The number of halogens is 1. The minimum Gasteiger partial charge on any atom is -0.441 e. The lowest BCUT2D eigenvalue weighted by molar-refractivity contribution is 0.528.